The molecule has 3 nitrogen and oxygen atoms in total. The maximum atomic E-state index is 12.3. The van der Waals surface area contributed by atoms with Crippen molar-refractivity contribution in [1.29, 1.82) is 0 Å². The summed E-state index contributed by atoms with van der Waals surface area (Å²) in [6, 6.07) is 13.9. The number of rotatable bonds is 3. The molecule has 1 aliphatic heterocycles. The van der Waals surface area contributed by atoms with E-state index in [1.807, 2.05) is 41.3 Å². The van der Waals surface area contributed by atoms with E-state index in [0.717, 1.165) is 22.4 Å². The van der Waals surface area contributed by atoms with E-state index in [0.29, 0.717) is 13.1 Å². The Balaban J connectivity index is 1.78. The maximum Gasteiger partial charge on any atom is 0.254 e. The van der Waals surface area contributed by atoms with Crippen LogP contribution in [0.4, 0.5) is 0 Å². The fraction of sp³-hybridized carbons (Fsp3) is 0.235. The molecule has 2 aromatic carbocycles. The zero-order chi connectivity index (χ0) is 14.1. The van der Waals surface area contributed by atoms with Crippen LogP contribution in [0, 0.1) is 6.92 Å². The molecule has 0 bridgehead atoms. The first-order valence-corrected chi connectivity index (χ1v) is 6.69. The van der Waals surface area contributed by atoms with Crippen LogP contribution < -0.4 is 4.74 Å². The fourth-order valence-corrected chi connectivity index (χ4v) is 2.59. The number of nitrogens with zero attached hydrogens (tertiary/aromatic N) is 1. The Morgan fingerprint density at radius 1 is 1.15 bits per heavy atom. The van der Waals surface area contributed by atoms with Gasteiger partial charge in [0.2, 0.25) is 0 Å². The molecule has 1 aliphatic rings. The van der Waals surface area contributed by atoms with Crippen LogP contribution in [0.25, 0.3) is 0 Å². The summed E-state index contributed by atoms with van der Waals surface area (Å²) in [6.07, 6.45) is 0. The summed E-state index contributed by atoms with van der Waals surface area (Å²) in [4.78, 5) is 14.2. The molecule has 0 radical (unpaired) electrons. The summed E-state index contributed by atoms with van der Waals surface area (Å²) < 4.78 is 5.14. The lowest BCUT2D eigenvalue weighted by atomic mass is 10.1. The zero-order valence-electron chi connectivity index (χ0n) is 11.7. The SMILES string of the molecule is COc1ccc(CN2Cc3cc(C)ccc3C2=O)cc1. The molecule has 0 saturated heterocycles. The summed E-state index contributed by atoms with van der Waals surface area (Å²) in [5.74, 6) is 0.955. The molecule has 0 N–H and O–H groups in total. The smallest absolute Gasteiger partial charge is 0.254 e. The van der Waals surface area contributed by atoms with E-state index in [4.69, 9.17) is 4.74 Å². The van der Waals surface area contributed by atoms with Crippen LogP contribution in [0.1, 0.15) is 27.0 Å². The molecule has 2 aromatic rings. The van der Waals surface area contributed by atoms with Crippen LogP contribution in [0.15, 0.2) is 42.5 Å². The first-order chi connectivity index (χ1) is 9.67. The minimum atomic E-state index is 0.121. The highest BCUT2D eigenvalue weighted by molar-refractivity contribution is 5.98. The Morgan fingerprint density at radius 2 is 1.90 bits per heavy atom. The number of hydrogen-bond acceptors (Lipinski definition) is 2. The van der Waals surface area contributed by atoms with Gasteiger partial charge >= 0.3 is 0 Å². The summed E-state index contributed by atoms with van der Waals surface area (Å²) >= 11 is 0. The van der Waals surface area contributed by atoms with Crippen LogP contribution >= 0.6 is 0 Å². The van der Waals surface area contributed by atoms with E-state index in [1.54, 1.807) is 7.11 Å². The van der Waals surface area contributed by atoms with Gasteiger partial charge in [0, 0.05) is 18.7 Å². The number of carbonyl (C=O) groups excluding carboxylic acids is 1. The van der Waals surface area contributed by atoms with Gasteiger partial charge < -0.3 is 9.64 Å². The summed E-state index contributed by atoms with van der Waals surface area (Å²) in [6.45, 7) is 3.38. The van der Waals surface area contributed by atoms with Crippen molar-refractivity contribution in [2.45, 2.75) is 20.0 Å². The third-order valence-electron chi connectivity index (χ3n) is 3.67. The molecule has 0 aromatic heterocycles. The van der Waals surface area contributed by atoms with Crippen LogP contribution in [0.5, 0.6) is 5.75 Å². The molecule has 20 heavy (non-hydrogen) atoms. The molecule has 0 unspecified atom stereocenters. The van der Waals surface area contributed by atoms with Gasteiger partial charge in [-0.05, 0) is 36.2 Å². The lowest BCUT2D eigenvalue weighted by Crippen LogP contribution is -2.23. The number of aryl methyl sites for hydroxylation is 1. The third kappa shape index (κ3) is 2.27. The van der Waals surface area contributed by atoms with E-state index in [1.165, 1.54) is 5.56 Å². The Labute approximate surface area is 118 Å². The van der Waals surface area contributed by atoms with Gasteiger partial charge in [-0.1, -0.05) is 29.8 Å². The van der Waals surface area contributed by atoms with Gasteiger partial charge in [0.25, 0.3) is 5.91 Å². The molecular formula is C17H17NO2. The largest absolute Gasteiger partial charge is 0.497 e. The topological polar surface area (TPSA) is 29.5 Å². The molecule has 3 rings (SSSR count). The highest BCUT2D eigenvalue weighted by Crippen LogP contribution is 2.25. The number of ether oxygens (including phenoxy) is 1. The number of fused-ring (bicyclic) bond motifs is 1. The summed E-state index contributed by atoms with van der Waals surface area (Å²) in [5.41, 5.74) is 4.28. The first kappa shape index (κ1) is 12.7. The van der Waals surface area contributed by atoms with E-state index >= 15 is 0 Å². The Hall–Kier alpha value is -2.29. The summed E-state index contributed by atoms with van der Waals surface area (Å²) in [7, 11) is 1.65. The van der Waals surface area contributed by atoms with Gasteiger partial charge in [-0.3, -0.25) is 4.79 Å². The summed E-state index contributed by atoms with van der Waals surface area (Å²) in [5, 5.41) is 0. The molecule has 0 saturated carbocycles. The maximum absolute atomic E-state index is 12.3. The van der Waals surface area contributed by atoms with Crippen molar-refractivity contribution < 1.29 is 9.53 Å². The predicted octanol–water partition coefficient (Wildman–Crippen LogP) is 3.16. The molecule has 1 amide bonds. The van der Waals surface area contributed by atoms with E-state index < -0.39 is 0 Å². The van der Waals surface area contributed by atoms with Crippen LogP contribution in [0.2, 0.25) is 0 Å². The Kier molecular flexibility index (Phi) is 3.18. The second kappa shape index (κ2) is 5.00. The molecule has 0 atom stereocenters. The quantitative estimate of drug-likeness (QED) is 0.855. The lowest BCUT2D eigenvalue weighted by molar-refractivity contribution is 0.0766. The van der Waals surface area contributed by atoms with Crippen molar-refractivity contribution in [3.63, 3.8) is 0 Å². The number of benzene rings is 2. The van der Waals surface area contributed by atoms with E-state index in [-0.39, 0.29) is 5.91 Å². The molecular weight excluding hydrogens is 250 g/mol. The number of carbonyl (C=O) groups is 1. The van der Waals surface area contributed by atoms with Gasteiger partial charge in [0.15, 0.2) is 0 Å². The lowest BCUT2D eigenvalue weighted by Gasteiger charge is -2.15. The van der Waals surface area contributed by atoms with Crippen molar-refractivity contribution in [3.05, 3.63) is 64.7 Å². The minimum absolute atomic E-state index is 0.121. The van der Waals surface area contributed by atoms with Gasteiger partial charge in [-0.15, -0.1) is 0 Å². The predicted molar refractivity (Wildman–Crippen MR) is 77.8 cm³/mol. The average molecular weight is 267 g/mol. The highest BCUT2D eigenvalue weighted by Gasteiger charge is 2.26. The fourth-order valence-electron chi connectivity index (χ4n) is 2.59. The van der Waals surface area contributed by atoms with E-state index in [9.17, 15) is 4.79 Å². The normalized spacial score (nSPS) is 13.5. The van der Waals surface area contributed by atoms with Crippen molar-refractivity contribution in [3.8, 4) is 5.75 Å². The number of methoxy groups -OCH3 is 1. The van der Waals surface area contributed by atoms with Crippen LogP contribution in [0.3, 0.4) is 0 Å². The highest BCUT2D eigenvalue weighted by atomic mass is 16.5. The third-order valence-corrected chi connectivity index (χ3v) is 3.67. The van der Waals surface area contributed by atoms with Gasteiger partial charge in [0.1, 0.15) is 5.75 Å². The van der Waals surface area contributed by atoms with Crippen LogP contribution in [-0.4, -0.2) is 17.9 Å². The second-order valence-corrected chi connectivity index (χ2v) is 5.17. The van der Waals surface area contributed by atoms with Crippen LogP contribution in [-0.2, 0) is 13.1 Å². The van der Waals surface area contributed by atoms with Gasteiger partial charge in [-0.25, -0.2) is 0 Å². The molecule has 0 spiro atoms. The van der Waals surface area contributed by atoms with Gasteiger partial charge in [0.05, 0.1) is 7.11 Å². The molecule has 102 valence electrons. The van der Waals surface area contributed by atoms with Crippen molar-refractivity contribution in [1.82, 2.24) is 4.90 Å². The van der Waals surface area contributed by atoms with Gasteiger partial charge in [-0.2, -0.15) is 0 Å². The standard InChI is InChI=1S/C17H17NO2/c1-12-3-8-16-14(9-12)11-18(17(16)19)10-13-4-6-15(20-2)7-5-13/h3-9H,10-11H2,1-2H3. The average Bonchev–Trinajstić information content (AvgIpc) is 2.75. The zero-order valence-corrected chi connectivity index (χ0v) is 11.7. The number of amides is 1. The molecule has 3 heteroatoms. The van der Waals surface area contributed by atoms with Crippen molar-refractivity contribution in [2.75, 3.05) is 7.11 Å². The van der Waals surface area contributed by atoms with Crippen molar-refractivity contribution >= 4 is 5.91 Å². The molecule has 0 fully saturated rings. The minimum Gasteiger partial charge on any atom is -0.497 e. The Bertz CT molecular complexity index is 647. The molecule has 0 aliphatic carbocycles. The second-order valence-electron chi connectivity index (χ2n) is 5.17. The monoisotopic (exact) mass is 267 g/mol. The first-order valence-electron chi connectivity index (χ1n) is 6.69. The molecule has 1 heterocycles. The van der Waals surface area contributed by atoms with E-state index in [2.05, 4.69) is 13.0 Å². The van der Waals surface area contributed by atoms with Crippen molar-refractivity contribution in [2.24, 2.45) is 0 Å². The Morgan fingerprint density at radius 3 is 2.60 bits per heavy atom. The number of hydrogen-bond donors (Lipinski definition) is 0.